The fraction of sp³-hybridized carbons (Fsp3) is 0.357. The molecule has 0 radical (unpaired) electrons. The molecule has 0 fully saturated rings. The van der Waals surface area contributed by atoms with Crippen LogP contribution in [0.1, 0.15) is 31.9 Å². The second kappa shape index (κ2) is 5.66. The zero-order valence-corrected chi connectivity index (χ0v) is 12.8. The molecule has 0 spiro atoms. The molecule has 1 aromatic rings. The molecule has 0 bridgehead atoms. The molecule has 2 N–H and O–H groups in total. The summed E-state index contributed by atoms with van der Waals surface area (Å²) in [6.45, 7) is 6.62. The summed E-state index contributed by atoms with van der Waals surface area (Å²) in [5.41, 5.74) is 1.92. The summed E-state index contributed by atoms with van der Waals surface area (Å²) >= 11 is 0. The number of carboxylic acid groups (broad SMARTS) is 1. The van der Waals surface area contributed by atoms with Gasteiger partial charge in [-0.1, -0.05) is 6.07 Å². The van der Waals surface area contributed by atoms with E-state index in [1.807, 2.05) is 0 Å². The Morgan fingerprint density at radius 1 is 1.30 bits per heavy atom. The molecule has 6 heteroatoms. The lowest BCUT2D eigenvalue weighted by Crippen LogP contribution is -2.33. The Morgan fingerprint density at radius 3 is 2.35 bits per heavy atom. The van der Waals surface area contributed by atoms with E-state index in [0.29, 0.717) is 11.3 Å². The van der Waals surface area contributed by atoms with Gasteiger partial charge in [-0.05, 0) is 57.0 Å². The highest BCUT2D eigenvalue weighted by Gasteiger charge is 2.29. The van der Waals surface area contributed by atoms with Crippen molar-refractivity contribution in [3.8, 4) is 0 Å². The van der Waals surface area contributed by atoms with Gasteiger partial charge in [-0.25, -0.2) is 13.2 Å². The van der Waals surface area contributed by atoms with E-state index in [4.69, 9.17) is 5.11 Å². The van der Waals surface area contributed by atoms with Crippen molar-refractivity contribution in [3.05, 3.63) is 35.4 Å². The first-order valence-electron chi connectivity index (χ1n) is 6.07. The lowest BCUT2D eigenvalue weighted by molar-refractivity contribution is -0.131. The van der Waals surface area contributed by atoms with Crippen molar-refractivity contribution in [2.45, 2.75) is 32.4 Å². The van der Waals surface area contributed by atoms with Crippen molar-refractivity contribution in [2.75, 3.05) is 4.72 Å². The second-order valence-corrected chi connectivity index (χ2v) is 7.90. The maximum atomic E-state index is 12.1. The maximum absolute atomic E-state index is 12.1. The fourth-order valence-corrected chi connectivity index (χ4v) is 2.20. The minimum Gasteiger partial charge on any atom is -0.478 e. The molecule has 0 aromatic heterocycles. The van der Waals surface area contributed by atoms with Crippen LogP contribution in [0.4, 0.5) is 5.69 Å². The number of carboxylic acids is 1. The quantitative estimate of drug-likeness (QED) is 0.837. The zero-order chi connectivity index (χ0) is 15.6. The van der Waals surface area contributed by atoms with Crippen LogP contribution in [-0.4, -0.2) is 24.2 Å². The van der Waals surface area contributed by atoms with E-state index in [-0.39, 0.29) is 0 Å². The molecule has 0 aliphatic carbocycles. The van der Waals surface area contributed by atoms with Crippen LogP contribution in [-0.2, 0) is 14.8 Å². The molecular formula is C14H19NO4S. The van der Waals surface area contributed by atoms with Gasteiger partial charge in [0, 0.05) is 6.08 Å². The highest BCUT2D eigenvalue weighted by molar-refractivity contribution is 7.94. The van der Waals surface area contributed by atoms with Gasteiger partial charge in [-0.15, -0.1) is 0 Å². The number of aryl methyl sites for hydroxylation is 1. The van der Waals surface area contributed by atoms with Crippen LogP contribution < -0.4 is 4.72 Å². The summed E-state index contributed by atoms with van der Waals surface area (Å²) in [7, 11) is -3.47. The number of sulfonamides is 1. The molecule has 0 aliphatic heterocycles. The van der Waals surface area contributed by atoms with Gasteiger partial charge < -0.3 is 5.11 Å². The lowest BCUT2D eigenvalue weighted by Gasteiger charge is -2.21. The fourth-order valence-electron chi connectivity index (χ4n) is 1.37. The van der Waals surface area contributed by atoms with Crippen molar-refractivity contribution in [1.82, 2.24) is 0 Å². The van der Waals surface area contributed by atoms with Gasteiger partial charge in [0.25, 0.3) is 0 Å². The molecule has 0 saturated carbocycles. The molecule has 0 saturated heterocycles. The summed E-state index contributed by atoms with van der Waals surface area (Å²) in [4.78, 5) is 10.4. The Hall–Kier alpha value is -1.82. The van der Waals surface area contributed by atoms with E-state index in [9.17, 15) is 13.2 Å². The summed E-state index contributed by atoms with van der Waals surface area (Å²) in [5, 5.41) is 8.56. The average Bonchev–Trinajstić information content (AvgIpc) is 2.28. The van der Waals surface area contributed by atoms with E-state index < -0.39 is 20.7 Å². The molecule has 5 nitrogen and oxygen atoms in total. The minimum absolute atomic E-state index is 0.493. The summed E-state index contributed by atoms with van der Waals surface area (Å²) in [6, 6.07) is 5.01. The van der Waals surface area contributed by atoms with Crippen molar-refractivity contribution in [1.29, 1.82) is 0 Å². The highest BCUT2D eigenvalue weighted by Crippen LogP contribution is 2.23. The first-order valence-corrected chi connectivity index (χ1v) is 7.55. The highest BCUT2D eigenvalue weighted by atomic mass is 32.2. The van der Waals surface area contributed by atoms with Gasteiger partial charge in [0.2, 0.25) is 10.0 Å². The molecule has 1 rings (SSSR count). The van der Waals surface area contributed by atoms with Crippen molar-refractivity contribution in [3.63, 3.8) is 0 Å². The predicted octanol–water partition coefficient (Wildman–Crippen LogP) is 2.63. The topological polar surface area (TPSA) is 83.5 Å². The third-order valence-corrected chi connectivity index (χ3v) is 4.82. The number of nitrogens with one attached hydrogen (secondary N) is 1. The standard InChI is InChI=1S/C14H19NO4S/c1-10-9-11(6-8-13(16)17)5-7-12(10)15-20(18,19)14(2,3)4/h5-9,15H,1-4H3,(H,16,17). The third kappa shape index (κ3) is 4.09. The first kappa shape index (κ1) is 16.2. The SMILES string of the molecule is Cc1cc(C=CC(=O)O)ccc1NS(=O)(=O)C(C)(C)C. The number of rotatable bonds is 4. The number of carbonyl (C=O) groups is 1. The van der Waals surface area contributed by atoms with Gasteiger partial charge >= 0.3 is 5.97 Å². The lowest BCUT2D eigenvalue weighted by atomic mass is 10.1. The molecule has 0 unspecified atom stereocenters. The number of aliphatic carboxylic acids is 1. The molecule has 1 aromatic carbocycles. The van der Waals surface area contributed by atoms with Gasteiger partial charge in [-0.2, -0.15) is 0 Å². The Bertz CT molecular complexity index is 640. The van der Waals surface area contributed by atoms with E-state index in [0.717, 1.165) is 11.6 Å². The largest absolute Gasteiger partial charge is 0.478 e. The van der Waals surface area contributed by atoms with Gasteiger partial charge in [-0.3, -0.25) is 4.72 Å². The van der Waals surface area contributed by atoms with Crippen molar-refractivity contribution < 1.29 is 18.3 Å². The molecule has 20 heavy (non-hydrogen) atoms. The zero-order valence-electron chi connectivity index (χ0n) is 12.0. The molecule has 110 valence electrons. The maximum Gasteiger partial charge on any atom is 0.328 e. The number of hydrogen-bond acceptors (Lipinski definition) is 3. The average molecular weight is 297 g/mol. The summed E-state index contributed by atoms with van der Waals surface area (Å²) in [5.74, 6) is -1.03. The second-order valence-electron chi connectivity index (χ2n) is 5.46. The van der Waals surface area contributed by atoms with Crippen LogP contribution in [0.2, 0.25) is 0 Å². The third-order valence-electron chi connectivity index (χ3n) is 2.72. The number of hydrogen-bond donors (Lipinski definition) is 2. The van der Waals surface area contributed by atoms with Gasteiger partial charge in [0.1, 0.15) is 0 Å². The van der Waals surface area contributed by atoms with Gasteiger partial charge in [0.15, 0.2) is 0 Å². The van der Waals surface area contributed by atoms with E-state index in [2.05, 4.69) is 4.72 Å². The number of benzene rings is 1. The molecular weight excluding hydrogens is 278 g/mol. The number of anilines is 1. The van der Waals surface area contributed by atoms with E-state index in [1.165, 1.54) is 6.08 Å². The Morgan fingerprint density at radius 2 is 1.90 bits per heavy atom. The van der Waals surface area contributed by atoms with Crippen LogP contribution in [0.15, 0.2) is 24.3 Å². The van der Waals surface area contributed by atoms with Gasteiger partial charge in [0.05, 0.1) is 10.4 Å². The Balaban J connectivity index is 3.04. The predicted molar refractivity (Wildman–Crippen MR) is 80.1 cm³/mol. The van der Waals surface area contributed by atoms with E-state index >= 15 is 0 Å². The summed E-state index contributed by atoms with van der Waals surface area (Å²) in [6.07, 6.45) is 2.49. The van der Waals surface area contributed by atoms with E-state index in [1.54, 1.807) is 45.9 Å². The molecule has 0 atom stereocenters. The minimum atomic E-state index is -3.47. The normalized spacial score (nSPS) is 12.6. The Kier molecular flexibility index (Phi) is 4.60. The molecule has 0 amide bonds. The first-order chi connectivity index (χ1) is 9.03. The van der Waals surface area contributed by atoms with Crippen LogP contribution in [0, 0.1) is 6.92 Å². The smallest absolute Gasteiger partial charge is 0.328 e. The van der Waals surface area contributed by atoms with Crippen molar-refractivity contribution in [2.24, 2.45) is 0 Å². The van der Waals surface area contributed by atoms with Crippen LogP contribution in [0.5, 0.6) is 0 Å². The van der Waals surface area contributed by atoms with Crippen molar-refractivity contribution >= 4 is 27.8 Å². The molecule has 0 aliphatic rings. The monoisotopic (exact) mass is 297 g/mol. The Labute approximate surface area is 119 Å². The van der Waals surface area contributed by atoms with Crippen LogP contribution in [0.3, 0.4) is 0 Å². The van der Waals surface area contributed by atoms with Crippen LogP contribution in [0.25, 0.3) is 6.08 Å². The van der Waals surface area contributed by atoms with Crippen LogP contribution >= 0.6 is 0 Å². The summed E-state index contributed by atoms with van der Waals surface area (Å²) < 4.78 is 25.8. The molecule has 0 heterocycles.